The highest BCUT2D eigenvalue weighted by Crippen LogP contribution is 2.16. The topological polar surface area (TPSA) is 36.9 Å². The maximum absolute atomic E-state index is 6.25. The Kier molecular flexibility index (Phi) is 38.9. The van der Waals surface area contributed by atoms with Crippen LogP contribution in [0.1, 0.15) is 207 Å². The van der Waals surface area contributed by atoms with Crippen molar-refractivity contribution in [3.8, 4) is 0 Å². The minimum atomic E-state index is 0.0159. The molecule has 0 saturated heterocycles. The summed E-state index contributed by atoms with van der Waals surface area (Å²) in [6.07, 6.45) is 41.9. The van der Waals surface area contributed by atoms with E-state index in [1.54, 1.807) is 6.26 Å². The first kappa shape index (κ1) is 42.4. The van der Waals surface area contributed by atoms with Gasteiger partial charge in [-0.05, 0) is 51.0 Å². The molecule has 43 heavy (non-hydrogen) atoms. The van der Waals surface area contributed by atoms with Crippen LogP contribution in [0.3, 0.4) is 0 Å². The maximum Gasteiger partial charge on any atom is 0.188 e. The van der Waals surface area contributed by atoms with Crippen LogP contribution >= 0.6 is 0 Å². The van der Waals surface area contributed by atoms with E-state index in [4.69, 9.17) is 18.9 Å². The minimum Gasteiger partial charge on any atom is -0.475 e. The van der Waals surface area contributed by atoms with Crippen LogP contribution < -0.4 is 0 Å². The van der Waals surface area contributed by atoms with Crippen LogP contribution in [-0.2, 0) is 18.9 Å². The van der Waals surface area contributed by atoms with Crippen molar-refractivity contribution in [3.05, 3.63) is 12.3 Å². The average Bonchev–Trinajstić information content (AvgIpc) is 3.02. The van der Waals surface area contributed by atoms with E-state index >= 15 is 0 Å². The Morgan fingerprint density at radius 3 is 1.33 bits per heavy atom. The smallest absolute Gasteiger partial charge is 0.188 e. The lowest BCUT2D eigenvalue weighted by atomic mass is 10.1. The highest BCUT2D eigenvalue weighted by Gasteiger charge is 2.09. The number of allylic oxidation sites excluding steroid dienone is 1. The third-order valence-electron chi connectivity index (χ3n) is 8.40. The van der Waals surface area contributed by atoms with Crippen molar-refractivity contribution in [2.75, 3.05) is 26.6 Å². The summed E-state index contributed by atoms with van der Waals surface area (Å²) in [5, 5.41) is 0. The lowest BCUT2D eigenvalue weighted by Crippen LogP contribution is -2.19. The van der Waals surface area contributed by atoms with Crippen LogP contribution in [0.4, 0.5) is 0 Å². The van der Waals surface area contributed by atoms with Crippen molar-refractivity contribution >= 4 is 0 Å². The van der Waals surface area contributed by atoms with Gasteiger partial charge in [-0.25, -0.2) is 0 Å². The number of hydrogen-bond donors (Lipinski definition) is 0. The van der Waals surface area contributed by atoms with Crippen molar-refractivity contribution in [3.63, 3.8) is 0 Å². The van der Waals surface area contributed by atoms with E-state index in [9.17, 15) is 0 Å². The van der Waals surface area contributed by atoms with E-state index in [1.807, 2.05) is 0 Å². The molecular formula is C39H78O4. The van der Waals surface area contributed by atoms with Crippen molar-refractivity contribution in [2.45, 2.75) is 213 Å². The molecule has 0 aromatic carbocycles. The molecule has 0 radical (unpaired) electrons. The first-order chi connectivity index (χ1) is 21.3. The average molecular weight is 611 g/mol. The molecule has 0 rings (SSSR count). The van der Waals surface area contributed by atoms with E-state index in [0.29, 0.717) is 6.79 Å². The molecule has 0 fully saturated rings. The van der Waals surface area contributed by atoms with Crippen LogP contribution in [0.25, 0.3) is 0 Å². The normalized spacial score (nSPS) is 11.8. The van der Waals surface area contributed by atoms with Crippen molar-refractivity contribution < 1.29 is 18.9 Å². The first-order valence-corrected chi connectivity index (χ1v) is 19.4. The quantitative estimate of drug-likeness (QED) is 0.0396. The van der Waals surface area contributed by atoms with E-state index in [0.717, 1.165) is 39.1 Å². The molecule has 0 unspecified atom stereocenters. The fourth-order valence-electron chi connectivity index (χ4n) is 5.46. The zero-order valence-corrected chi connectivity index (χ0v) is 29.7. The summed E-state index contributed by atoms with van der Waals surface area (Å²) >= 11 is 0. The SMILES string of the molecule is CCCCCCCCCCOC(CCCCCCCCCCCC=COCOCCCC)OCCCCCCCCCC. The van der Waals surface area contributed by atoms with Crippen molar-refractivity contribution in [2.24, 2.45) is 0 Å². The summed E-state index contributed by atoms with van der Waals surface area (Å²) in [5.41, 5.74) is 0. The summed E-state index contributed by atoms with van der Waals surface area (Å²) in [7, 11) is 0. The molecule has 0 heterocycles. The Bertz CT molecular complexity index is 487. The third-order valence-corrected chi connectivity index (χ3v) is 8.40. The molecular weight excluding hydrogens is 532 g/mol. The molecule has 0 amide bonds. The zero-order chi connectivity index (χ0) is 31.2. The molecule has 0 spiro atoms. The standard InChI is InChI=1S/C39H78O4/c1-4-7-10-12-14-23-27-31-36-42-39(43-37-32-28-24-15-13-11-8-5-2)33-29-25-21-19-17-16-18-20-22-26-30-35-41-38-40-34-9-6-3/h30,35,39H,4-29,31-34,36-38H2,1-3H3. The van der Waals surface area contributed by atoms with E-state index < -0.39 is 0 Å². The Morgan fingerprint density at radius 1 is 0.419 bits per heavy atom. The maximum atomic E-state index is 6.25. The second kappa shape index (κ2) is 39.4. The monoisotopic (exact) mass is 611 g/mol. The fourth-order valence-corrected chi connectivity index (χ4v) is 5.46. The lowest BCUT2D eigenvalue weighted by Gasteiger charge is -2.19. The highest BCUT2D eigenvalue weighted by atomic mass is 16.7. The number of ether oxygens (including phenoxy) is 4. The van der Waals surface area contributed by atoms with Crippen molar-refractivity contribution in [1.82, 2.24) is 0 Å². The summed E-state index contributed by atoms with van der Waals surface area (Å²) in [4.78, 5) is 0. The molecule has 258 valence electrons. The molecule has 0 aromatic heterocycles. The predicted molar refractivity (Wildman–Crippen MR) is 188 cm³/mol. The van der Waals surface area contributed by atoms with Crippen LogP contribution in [0.15, 0.2) is 12.3 Å². The summed E-state index contributed by atoms with van der Waals surface area (Å²) in [5.74, 6) is 0. The van der Waals surface area contributed by atoms with Gasteiger partial charge < -0.3 is 18.9 Å². The Hall–Kier alpha value is -0.580. The van der Waals surface area contributed by atoms with E-state index in [2.05, 4.69) is 26.8 Å². The minimum absolute atomic E-state index is 0.0159. The van der Waals surface area contributed by atoms with Gasteiger partial charge in [0.1, 0.15) is 0 Å². The van der Waals surface area contributed by atoms with Gasteiger partial charge in [0.15, 0.2) is 13.1 Å². The molecule has 0 aliphatic carbocycles. The summed E-state index contributed by atoms with van der Waals surface area (Å²) in [6, 6.07) is 0. The van der Waals surface area contributed by atoms with Gasteiger partial charge in [0.25, 0.3) is 0 Å². The van der Waals surface area contributed by atoms with Gasteiger partial charge >= 0.3 is 0 Å². The van der Waals surface area contributed by atoms with Gasteiger partial charge in [-0.2, -0.15) is 0 Å². The molecule has 0 saturated carbocycles. The van der Waals surface area contributed by atoms with Crippen LogP contribution in [0.5, 0.6) is 0 Å². The molecule has 0 atom stereocenters. The third kappa shape index (κ3) is 37.5. The van der Waals surface area contributed by atoms with Crippen LogP contribution in [0.2, 0.25) is 0 Å². The number of hydrogen-bond acceptors (Lipinski definition) is 4. The van der Waals surface area contributed by atoms with Gasteiger partial charge in [0, 0.05) is 13.2 Å². The largest absolute Gasteiger partial charge is 0.475 e. The van der Waals surface area contributed by atoms with E-state index in [-0.39, 0.29) is 6.29 Å². The second-order valence-corrected chi connectivity index (χ2v) is 12.8. The molecule has 0 aliphatic heterocycles. The van der Waals surface area contributed by atoms with Gasteiger partial charge in [-0.15, -0.1) is 0 Å². The Morgan fingerprint density at radius 2 is 0.837 bits per heavy atom. The van der Waals surface area contributed by atoms with Crippen LogP contribution in [0, 0.1) is 0 Å². The predicted octanol–water partition coefficient (Wildman–Crippen LogP) is 13.2. The van der Waals surface area contributed by atoms with Gasteiger partial charge in [0.05, 0.1) is 12.9 Å². The fraction of sp³-hybridized carbons (Fsp3) is 0.949. The lowest BCUT2D eigenvalue weighted by molar-refractivity contribution is -0.148. The second-order valence-electron chi connectivity index (χ2n) is 12.8. The van der Waals surface area contributed by atoms with Gasteiger partial charge in [0.2, 0.25) is 0 Å². The van der Waals surface area contributed by atoms with Crippen molar-refractivity contribution in [1.29, 1.82) is 0 Å². The molecule has 0 aromatic rings. The van der Waals surface area contributed by atoms with Crippen LogP contribution in [-0.4, -0.2) is 32.9 Å². The molecule has 4 nitrogen and oxygen atoms in total. The number of rotatable bonds is 38. The highest BCUT2D eigenvalue weighted by molar-refractivity contribution is 4.72. The summed E-state index contributed by atoms with van der Waals surface area (Å²) < 4.78 is 23.2. The Balaban J connectivity index is 3.81. The van der Waals surface area contributed by atoms with E-state index in [1.165, 1.54) is 167 Å². The molecule has 4 heteroatoms. The Labute approximate surface area is 270 Å². The number of unbranched alkanes of at least 4 members (excludes halogenated alkanes) is 24. The van der Waals surface area contributed by atoms with Gasteiger partial charge in [-0.1, -0.05) is 162 Å². The molecule has 0 bridgehead atoms. The molecule has 0 N–H and O–H groups in total. The zero-order valence-electron chi connectivity index (χ0n) is 29.7. The first-order valence-electron chi connectivity index (χ1n) is 19.4. The van der Waals surface area contributed by atoms with Gasteiger partial charge in [-0.3, -0.25) is 0 Å². The molecule has 0 aliphatic rings. The summed E-state index contributed by atoms with van der Waals surface area (Å²) in [6.45, 7) is 9.67.